The van der Waals surface area contributed by atoms with Crippen LogP contribution in [0.1, 0.15) is 109 Å². The molecule has 0 spiro atoms. The lowest BCUT2D eigenvalue weighted by Gasteiger charge is -2.43. The van der Waals surface area contributed by atoms with E-state index in [2.05, 4.69) is 119 Å². The van der Waals surface area contributed by atoms with Crippen molar-refractivity contribution in [2.45, 2.75) is 112 Å². The van der Waals surface area contributed by atoms with Gasteiger partial charge in [-0.15, -0.1) is 0 Å². The van der Waals surface area contributed by atoms with Crippen LogP contribution in [0.15, 0.2) is 91.2 Å². The zero-order chi connectivity index (χ0) is 37.0. The van der Waals surface area contributed by atoms with E-state index in [4.69, 9.17) is 16.1 Å². The van der Waals surface area contributed by atoms with E-state index in [0.717, 1.165) is 84.8 Å². The molecule has 1 aliphatic rings. The first-order valence-corrected chi connectivity index (χ1v) is 19.7. The second-order valence-electron chi connectivity index (χ2n) is 14.7. The Morgan fingerprint density at radius 1 is 0.824 bits per heavy atom. The van der Waals surface area contributed by atoms with Crippen molar-refractivity contribution < 1.29 is 9.47 Å². The van der Waals surface area contributed by atoms with Gasteiger partial charge in [0.2, 0.25) is 0 Å². The van der Waals surface area contributed by atoms with Crippen LogP contribution in [0, 0.1) is 12.3 Å². The minimum Gasteiger partial charge on any atom is -0.493 e. The second-order valence-corrected chi connectivity index (χ2v) is 14.7. The van der Waals surface area contributed by atoms with Crippen LogP contribution in [0.4, 0.5) is 5.69 Å². The molecule has 0 N–H and O–H groups in total. The minimum absolute atomic E-state index is 0.440. The van der Waals surface area contributed by atoms with Crippen molar-refractivity contribution in [2.75, 3.05) is 38.8 Å². The van der Waals surface area contributed by atoms with Crippen molar-refractivity contribution in [1.29, 1.82) is 0 Å². The van der Waals surface area contributed by atoms with Crippen molar-refractivity contribution in [1.82, 2.24) is 4.90 Å². The number of likely N-dealkylation sites (N-methyl/N-ethyl adjacent to an activating group) is 1. The van der Waals surface area contributed by atoms with Gasteiger partial charge in [-0.3, -0.25) is 0 Å². The normalized spacial score (nSPS) is 15.0. The van der Waals surface area contributed by atoms with Gasteiger partial charge in [-0.1, -0.05) is 96.0 Å². The van der Waals surface area contributed by atoms with Crippen LogP contribution in [0.25, 0.3) is 16.7 Å². The molecule has 0 bridgehead atoms. The van der Waals surface area contributed by atoms with Gasteiger partial charge in [0.05, 0.1) is 14.2 Å². The Morgan fingerprint density at radius 2 is 1.45 bits per heavy atom. The maximum absolute atomic E-state index is 5.65. The molecule has 1 atom stereocenters. The summed E-state index contributed by atoms with van der Waals surface area (Å²) in [5.41, 5.74) is 11.1. The number of nitrogens with zero attached hydrogens (tertiary/aromatic N) is 2. The molecular formula is C47H66N2O2. The van der Waals surface area contributed by atoms with Crippen LogP contribution in [0.2, 0.25) is 0 Å². The molecular weight excluding hydrogens is 625 g/mol. The Kier molecular flexibility index (Phi) is 14.9. The predicted molar refractivity (Wildman–Crippen MR) is 221 cm³/mol. The van der Waals surface area contributed by atoms with Crippen LogP contribution in [0.3, 0.4) is 0 Å². The third-order valence-corrected chi connectivity index (χ3v) is 11.2. The van der Waals surface area contributed by atoms with E-state index in [0.29, 0.717) is 11.5 Å². The summed E-state index contributed by atoms with van der Waals surface area (Å²) in [7, 11) is 3.36. The van der Waals surface area contributed by atoms with Gasteiger partial charge in [0.1, 0.15) is 0 Å². The van der Waals surface area contributed by atoms with Crippen LogP contribution >= 0.6 is 0 Å². The first kappa shape index (κ1) is 39.9. The molecule has 0 aliphatic carbocycles. The van der Waals surface area contributed by atoms with E-state index < -0.39 is 0 Å². The summed E-state index contributed by atoms with van der Waals surface area (Å²) < 4.78 is 11.2. The van der Waals surface area contributed by atoms with Crippen molar-refractivity contribution in [2.24, 2.45) is 5.41 Å². The number of methoxy groups -OCH3 is 2. The highest BCUT2D eigenvalue weighted by atomic mass is 16.5. The topological polar surface area (TPSA) is 24.9 Å². The molecule has 0 radical (unpaired) electrons. The average Bonchev–Trinajstić information content (AvgIpc) is 3.14. The van der Waals surface area contributed by atoms with Crippen LogP contribution in [-0.2, 0) is 6.42 Å². The number of piperidine rings is 1. The van der Waals surface area contributed by atoms with Gasteiger partial charge in [0.25, 0.3) is 0 Å². The largest absolute Gasteiger partial charge is 0.493 e. The van der Waals surface area contributed by atoms with E-state index >= 15 is 0 Å². The summed E-state index contributed by atoms with van der Waals surface area (Å²) in [5.74, 6) is 1.45. The van der Waals surface area contributed by atoms with E-state index in [1.54, 1.807) is 14.2 Å². The summed E-state index contributed by atoms with van der Waals surface area (Å²) in [6, 6.07) is 22.5. The third kappa shape index (κ3) is 9.90. The highest BCUT2D eigenvalue weighted by molar-refractivity contribution is 5.84. The van der Waals surface area contributed by atoms with E-state index in [9.17, 15) is 0 Å². The smallest absolute Gasteiger partial charge is 0.161 e. The summed E-state index contributed by atoms with van der Waals surface area (Å²) in [4.78, 5) is 5.10. The molecule has 3 aromatic carbocycles. The molecule has 1 unspecified atom stereocenters. The van der Waals surface area contributed by atoms with Gasteiger partial charge in [0, 0.05) is 42.6 Å². The number of allylic oxidation sites excluding steroid dienone is 3. The van der Waals surface area contributed by atoms with E-state index in [-0.39, 0.29) is 0 Å². The summed E-state index contributed by atoms with van der Waals surface area (Å²) in [6.45, 7) is 26.3. The van der Waals surface area contributed by atoms with Crippen LogP contribution in [-0.4, -0.2) is 44.8 Å². The molecule has 0 aromatic heterocycles. The van der Waals surface area contributed by atoms with Gasteiger partial charge >= 0.3 is 0 Å². The number of ether oxygens (including phenoxy) is 2. The maximum Gasteiger partial charge on any atom is 0.161 e. The lowest BCUT2D eigenvalue weighted by molar-refractivity contribution is 0.178. The molecule has 276 valence electrons. The quantitative estimate of drug-likeness (QED) is 0.117. The molecule has 0 saturated carbocycles. The van der Waals surface area contributed by atoms with Crippen molar-refractivity contribution in [3.05, 3.63) is 108 Å². The monoisotopic (exact) mass is 691 g/mol. The Bertz CT molecular complexity index is 1600. The van der Waals surface area contributed by atoms with Crippen molar-refractivity contribution in [3.8, 4) is 22.6 Å². The maximum atomic E-state index is 5.65. The van der Waals surface area contributed by atoms with E-state index in [1.807, 2.05) is 6.07 Å². The van der Waals surface area contributed by atoms with Crippen molar-refractivity contribution >= 4 is 11.3 Å². The van der Waals surface area contributed by atoms with Crippen LogP contribution < -0.4 is 14.4 Å². The molecule has 0 amide bonds. The first-order chi connectivity index (χ1) is 24.7. The summed E-state index contributed by atoms with van der Waals surface area (Å²) in [5, 5.41) is 0. The minimum atomic E-state index is 0.440. The number of benzene rings is 3. The fourth-order valence-electron chi connectivity index (χ4n) is 8.43. The number of anilines is 1. The molecule has 4 heteroatoms. The number of rotatable bonds is 19. The summed E-state index contributed by atoms with van der Waals surface area (Å²) in [6.07, 6.45) is 14.4. The van der Waals surface area contributed by atoms with Gasteiger partial charge in [-0.25, -0.2) is 0 Å². The lowest BCUT2D eigenvalue weighted by Crippen LogP contribution is -2.40. The Balaban J connectivity index is 1.64. The van der Waals surface area contributed by atoms with Crippen molar-refractivity contribution in [3.63, 3.8) is 0 Å². The van der Waals surface area contributed by atoms with E-state index in [1.165, 1.54) is 60.9 Å². The zero-order valence-corrected chi connectivity index (χ0v) is 33.2. The predicted octanol–water partition coefficient (Wildman–Crippen LogP) is 12.5. The molecule has 51 heavy (non-hydrogen) atoms. The Labute approximate surface area is 311 Å². The Hall–Kier alpha value is -3.92. The molecule has 4 nitrogen and oxygen atoms in total. The molecule has 3 aromatic rings. The molecule has 4 rings (SSSR count). The van der Waals surface area contributed by atoms with Gasteiger partial charge in [-0.05, 0) is 128 Å². The van der Waals surface area contributed by atoms with Gasteiger partial charge < -0.3 is 19.3 Å². The zero-order valence-electron chi connectivity index (χ0n) is 33.2. The third-order valence-electron chi connectivity index (χ3n) is 11.2. The van der Waals surface area contributed by atoms with Crippen LogP contribution in [0.5, 0.6) is 11.5 Å². The summed E-state index contributed by atoms with van der Waals surface area (Å²) >= 11 is 0. The number of hydrogen-bond acceptors (Lipinski definition) is 4. The fourth-order valence-corrected chi connectivity index (χ4v) is 8.43. The highest BCUT2D eigenvalue weighted by Gasteiger charge is 2.33. The fraction of sp³-hybridized carbons (Fsp3) is 0.489. The average molecular weight is 691 g/mol. The molecule has 1 aliphatic heterocycles. The molecule has 1 saturated heterocycles. The van der Waals surface area contributed by atoms with Gasteiger partial charge in [-0.2, -0.15) is 0 Å². The second kappa shape index (κ2) is 19.1. The standard InChI is InChI=1S/C47H66N2O2/c1-11-16-41(14-4)49(15-5)37(8)44(43-33-39(20-17-36(43)7)40-21-24-45(50-9)46(34-40)51-10)32-35(6)31-38-18-22-42(23-19-38)48-29-27-47(25-12-2,26-13-3)28-30-48/h17-24,32-34,41H,6,8,11-16,25-31H2,1-5,7,9-10H3/b44-32-. The Morgan fingerprint density at radius 3 is 2.02 bits per heavy atom. The molecule has 1 fully saturated rings. The lowest BCUT2D eigenvalue weighted by atomic mass is 9.72. The van der Waals surface area contributed by atoms with Gasteiger partial charge in [0.15, 0.2) is 11.5 Å². The SMILES string of the molecule is C=C(/C=C(/C(=C)N(CC)C(CC)CCC)c1cc(-c2ccc(OC)c(OC)c2)ccc1C)Cc1ccc(N2CCC(CCC)(CCC)CC2)cc1. The molecule has 1 heterocycles. The highest BCUT2D eigenvalue weighted by Crippen LogP contribution is 2.42. The number of hydrogen-bond donors (Lipinski definition) is 0. The number of aryl methyl sites for hydroxylation is 1. The first-order valence-electron chi connectivity index (χ1n) is 19.7.